The van der Waals surface area contributed by atoms with Crippen molar-refractivity contribution in [3.05, 3.63) is 64.7 Å². The standard InChI is InChI=1S/C26H36N2O3S/c1-7-20(4)27-26(30)21(5)28(15-22-8-10-24(31-6)11-9-22)25(29)17-32-16-23-13-18(2)12-19(3)14-23/h8-14,20-21H,7,15-17H2,1-6H3,(H,27,30)/t20-,21-/m1/s1. The van der Waals surface area contributed by atoms with Gasteiger partial charge < -0.3 is 15.0 Å². The monoisotopic (exact) mass is 456 g/mol. The molecule has 2 atom stereocenters. The number of methoxy groups -OCH3 is 1. The summed E-state index contributed by atoms with van der Waals surface area (Å²) in [6, 6.07) is 13.6. The van der Waals surface area contributed by atoms with Crippen LogP contribution in [0.2, 0.25) is 0 Å². The molecule has 0 aliphatic heterocycles. The van der Waals surface area contributed by atoms with Gasteiger partial charge in [-0.2, -0.15) is 0 Å². The third kappa shape index (κ3) is 7.90. The minimum atomic E-state index is -0.555. The van der Waals surface area contributed by atoms with Crippen molar-refractivity contribution in [2.24, 2.45) is 0 Å². The summed E-state index contributed by atoms with van der Waals surface area (Å²) < 4.78 is 5.23. The van der Waals surface area contributed by atoms with E-state index in [9.17, 15) is 9.59 Å². The molecule has 0 spiro atoms. The lowest BCUT2D eigenvalue weighted by atomic mass is 10.1. The molecule has 5 nitrogen and oxygen atoms in total. The van der Waals surface area contributed by atoms with Gasteiger partial charge in [-0.25, -0.2) is 0 Å². The lowest BCUT2D eigenvalue weighted by Gasteiger charge is -2.29. The van der Waals surface area contributed by atoms with E-state index in [1.807, 2.05) is 38.1 Å². The molecule has 2 aromatic rings. The van der Waals surface area contributed by atoms with Crippen molar-refractivity contribution in [2.75, 3.05) is 12.9 Å². The van der Waals surface area contributed by atoms with Crippen molar-refractivity contribution in [1.29, 1.82) is 0 Å². The molecule has 0 aliphatic carbocycles. The molecule has 0 unspecified atom stereocenters. The van der Waals surface area contributed by atoms with Crippen LogP contribution in [0, 0.1) is 13.8 Å². The number of amides is 2. The molecule has 174 valence electrons. The Kier molecular flexibility index (Phi) is 10.1. The molecule has 0 radical (unpaired) electrons. The zero-order chi connectivity index (χ0) is 23.7. The minimum absolute atomic E-state index is 0.0398. The lowest BCUT2D eigenvalue weighted by Crippen LogP contribution is -2.50. The van der Waals surface area contributed by atoms with Gasteiger partial charge in [-0.05, 0) is 57.4 Å². The van der Waals surface area contributed by atoms with Crippen LogP contribution in [0.3, 0.4) is 0 Å². The van der Waals surface area contributed by atoms with Gasteiger partial charge in [0.25, 0.3) is 0 Å². The fraction of sp³-hybridized carbons (Fsp3) is 0.462. The first-order valence-electron chi connectivity index (χ1n) is 11.1. The van der Waals surface area contributed by atoms with Crippen LogP contribution in [-0.2, 0) is 21.9 Å². The number of hydrogen-bond donors (Lipinski definition) is 1. The van der Waals surface area contributed by atoms with Crippen molar-refractivity contribution in [1.82, 2.24) is 10.2 Å². The van der Waals surface area contributed by atoms with Crippen LogP contribution in [0.5, 0.6) is 5.75 Å². The van der Waals surface area contributed by atoms with Crippen molar-refractivity contribution < 1.29 is 14.3 Å². The summed E-state index contributed by atoms with van der Waals surface area (Å²) in [5, 5.41) is 3.00. The first kappa shape index (κ1) is 25.8. The predicted octanol–water partition coefficient (Wildman–Crippen LogP) is 4.88. The Morgan fingerprint density at radius 2 is 1.66 bits per heavy atom. The third-order valence-corrected chi connectivity index (χ3v) is 6.44. The Morgan fingerprint density at radius 3 is 2.22 bits per heavy atom. The maximum absolute atomic E-state index is 13.2. The van der Waals surface area contributed by atoms with Crippen LogP contribution in [0.15, 0.2) is 42.5 Å². The van der Waals surface area contributed by atoms with Crippen LogP contribution >= 0.6 is 11.8 Å². The van der Waals surface area contributed by atoms with Gasteiger partial charge in [-0.3, -0.25) is 9.59 Å². The van der Waals surface area contributed by atoms with E-state index >= 15 is 0 Å². The van der Waals surface area contributed by atoms with E-state index in [4.69, 9.17) is 4.74 Å². The topological polar surface area (TPSA) is 58.6 Å². The van der Waals surface area contributed by atoms with Crippen LogP contribution in [0.1, 0.15) is 49.4 Å². The average Bonchev–Trinajstić information content (AvgIpc) is 2.76. The summed E-state index contributed by atoms with van der Waals surface area (Å²) in [6.07, 6.45) is 0.844. The van der Waals surface area contributed by atoms with Gasteiger partial charge in [-0.1, -0.05) is 48.4 Å². The number of rotatable bonds is 11. The van der Waals surface area contributed by atoms with E-state index in [-0.39, 0.29) is 17.9 Å². The van der Waals surface area contributed by atoms with Crippen molar-refractivity contribution in [2.45, 2.75) is 65.4 Å². The van der Waals surface area contributed by atoms with E-state index in [0.717, 1.165) is 23.5 Å². The minimum Gasteiger partial charge on any atom is -0.497 e. The number of thioether (sulfide) groups is 1. The number of benzene rings is 2. The zero-order valence-electron chi connectivity index (χ0n) is 20.1. The SMILES string of the molecule is CC[C@@H](C)NC(=O)[C@@H](C)N(Cc1ccc(OC)cc1)C(=O)CSCc1cc(C)cc(C)c1. The highest BCUT2D eigenvalue weighted by molar-refractivity contribution is 7.99. The summed E-state index contributed by atoms with van der Waals surface area (Å²) in [5.74, 6) is 1.68. The number of nitrogens with zero attached hydrogens (tertiary/aromatic N) is 1. The van der Waals surface area contributed by atoms with Gasteiger partial charge in [0.1, 0.15) is 11.8 Å². The number of ether oxygens (including phenoxy) is 1. The molecular weight excluding hydrogens is 420 g/mol. The molecular formula is C26H36N2O3S. The molecule has 2 amide bonds. The summed E-state index contributed by atoms with van der Waals surface area (Å²) >= 11 is 1.58. The highest BCUT2D eigenvalue weighted by atomic mass is 32.2. The van der Waals surface area contributed by atoms with Gasteiger partial charge >= 0.3 is 0 Å². The van der Waals surface area contributed by atoms with Crippen LogP contribution in [-0.4, -0.2) is 41.7 Å². The number of nitrogens with one attached hydrogen (secondary N) is 1. The molecule has 32 heavy (non-hydrogen) atoms. The Hall–Kier alpha value is -2.47. The van der Waals surface area contributed by atoms with Crippen LogP contribution < -0.4 is 10.1 Å². The fourth-order valence-electron chi connectivity index (χ4n) is 3.47. The largest absolute Gasteiger partial charge is 0.497 e. The second-order valence-corrected chi connectivity index (χ2v) is 9.34. The fourth-order valence-corrected chi connectivity index (χ4v) is 4.31. The number of carbonyl (C=O) groups is 2. The van der Waals surface area contributed by atoms with Crippen molar-refractivity contribution in [3.63, 3.8) is 0 Å². The first-order valence-corrected chi connectivity index (χ1v) is 12.3. The highest BCUT2D eigenvalue weighted by Gasteiger charge is 2.26. The van der Waals surface area contributed by atoms with Crippen LogP contribution in [0.25, 0.3) is 0 Å². The second kappa shape index (κ2) is 12.5. The quantitative estimate of drug-likeness (QED) is 0.524. The molecule has 0 aromatic heterocycles. The average molecular weight is 457 g/mol. The smallest absolute Gasteiger partial charge is 0.242 e. The van der Waals surface area contributed by atoms with Gasteiger partial charge in [0.2, 0.25) is 11.8 Å². The Morgan fingerprint density at radius 1 is 1.03 bits per heavy atom. The molecule has 0 heterocycles. The Bertz CT molecular complexity index is 878. The molecule has 0 bridgehead atoms. The zero-order valence-corrected chi connectivity index (χ0v) is 20.9. The van der Waals surface area contributed by atoms with E-state index in [1.165, 1.54) is 16.7 Å². The summed E-state index contributed by atoms with van der Waals surface area (Å²) in [6.45, 7) is 10.3. The molecule has 0 saturated carbocycles. The summed E-state index contributed by atoms with van der Waals surface area (Å²) in [4.78, 5) is 27.7. The van der Waals surface area contributed by atoms with E-state index in [2.05, 4.69) is 37.4 Å². The van der Waals surface area contributed by atoms with Gasteiger partial charge in [0.15, 0.2) is 0 Å². The number of aryl methyl sites for hydroxylation is 2. The van der Waals surface area contributed by atoms with E-state index < -0.39 is 6.04 Å². The predicted molar refractivity (Wildman–Crippen MR) is 133 cm³/mol. The molecule has 0 saturated heterocycles. The maximum atomic E-state index is 13.2. The molecule has 1 N–H and O–H groups in total. The molecule has 0 fully saturated rings. The maximum Gasteiger partial charge on any atom is 0.242 e. The highest BCUT2D eigenvalue weighted by Crippen LogP contribution is 2.19. The summed E-state index contributed by atoms with van der Waals surface area (Å²) in [5.41, 5.74) is 4.62. The normalized spacial score (nSPS) is 12.7. The third-order valence-electron chi connectivity index (χ3n) is 5.46. The van der Waals surface area contributed by atoms with Crippen molar-refractivity contribution in [3.8, 4) is 5.75 Å². The number of hydrogen-bond acceptors (Lipinski definition) is 4. The van der Waals surface area contributed by atoms with E-state index in [0.29, 0.717) is 12.3 Å². The van der Waals surface area contributed by atoms with Gasteiger partial charge in [-0.15, -0.1) is 11.8 Å². The second-order valence-electron chi connectivity index (χ2n) is 8.35. The van der Waals surface area contributed by atoms with E-state index in [1.54, 1.807) is 30.7 Å². The Labute approximate surface area is 196 Å². The van der Waals surface area contributed by atoms with Crippen LogP contribution in [0.4, 0.5) is 0 Å². The lowest BCUT2D eigenvalue weighted by molar-refractivity contribution is -0.138. The number of carbonyl (C=O) groups excluding carboxylic acids is 2. The van der Waals surface area contributed by atoms with Crippen molar-refractivity contribution >= 4 is 23.6 Å². The molecule has 0 aliphatic rings. The molecule has 2 rings (SSSR count). The van der Waals surface area contributed by atoms with Gasteiger partial charge in [0.05, 0.1) is 12.9 Å². The Balaban J connectivity index is 2.10. The molecule has 6 heteroatoms. The van der Waals surface area contributed by atoms with Gasteiger partial charge in [0, 0.05) is 18.3 Å². The first-order chi connectivity index (χ1) is 15.2. The summed E-state index contributed by atoms with van der Waals surface area (Å²) in [7, 11) is 1.62. The molecule has 2 aromatic carbocycles.